The molecule has 0 spiro atoms. The number of fused-ring (bicyclic) bond motifs is 1. The first-order chi connectivity index (χ1) is 9.66. The molecule has 2 heteroatoms. The fraction of sp³-hybridized carbons (Fsp3) is 0.167. The molecule has 0 saturated heterocycles. The van der Waals surface area contributed by atoms with Crippen LogP contribution in [0.2, 0.25) is 0 Å². The van der Waals surface area contributed by atoms with Crippen LogP contribution < -0.4 is 5.32 Å². The molecular weight excluding hydrogens is 244 g/mol. The first kappa shape index (κ1) is 12.7. The van der Waals surface area contributed by atoms with E-state index in [-0.39, 0.29) is 0 Å². The lowest BCUT2D eigenvalue weighted by Gasteiger charge is -2.13. The first-order valence-electron chi connectivity index (χ1n) is 6.84. The smallest absolute Gasteiger partial charge is 0.0751 e. The molecule has 100 valence electrons. The highest BCUT2D eigenvalue weighted by molar-refractivity contribution is 5.94. The number of aromatic nitrogens is 1. The van der Waals surface area contributed by atoms with Crippen LogP contribution in [0.3, 0.4) is 0 Å². The Morgan fingerprint density at radius 2 is 1.55 bits per heavy atom. The van der Waals surface area contributed by atoms with Gasteiger partial charge in [0.15, 0.2) is 0 Å². The highest BCUT2D eigenvalue weighted by Crippen LogP contribution is 2.28. The first-order valence-corrected chi connectivity index (χ1v) is 6.84. The SMILES string of the molecule is Cc1cccc(Nc2ccnc3c(C)cccc23)c1C. The number of anilines is 2. The monoisotopic (exact) mass is 262 g/mol. The lowest BCUT2D eigenvalue weighted by atomic mass is 10.1. The number of hydrogen-bond acceptors (Lipinski definition) is 2. The number of nitrogens with zero attached hydrogens (tertiary/aromatic N) is 1. The van der Waals surface area contributed by atoms with E-state index >= 15 is 0 Å². The average Bonchev–Trinajstić information content (AvgIpc) is 2.45. The zero-order valence-corrected chi connectivity index (χ0v) is 12.1. The summed E-state index contributed by atoms with van der Waals surface area (Å²) in [4.78, 5) is 4.48. The molecular formula is C18H18N2. The predicted molar refractivity (Wildman–Crippen MR) is 85.7 cm³/mol. The largest absolute Gasteiger partial charge is 0.355 e. The van der Waals surface area contributed by atoms with E-state index in [4.69, 9.17) is 0 Å². The zero-order chi connectivity index (χ0) is 14.1. The van der Waals surface area contributed by atoms with Crippen LogP contribution in [0.15, 0.2) is 48.7 Å². The van der Waals surface area contributed by atoms with Gasteiger partial charge in [-0.05, 0) is 49.6 Å². The highest BCUT2D eigenvalue weighted by atomic mass is 14.9. The van der Waals surface area contributed by atoms with Crippen LogP contribution >= 0.6 is 0 Å². The quantitative estimate of drug-likeness (QED) is 0.710. The lowest BCUT2D eigenvalue weighted by Crippen LogP contribution is -1.96. The second kappa shape index (κ2) is 4.97. The van der Waals surface area contributed by atoms with Crippen LogP contribution in [0, 0.1) is 20.8 Å². The summed E-state index contributed by atoms with van der Waals surface area (Å²) >= 11 is 0. The van der Waals surface area contributed by atoms with Gasteiger partial charge in [-0.15, -0.1) is 0 Å². The van der Waals surface area contributed by atoms with Gasteiger partial charge in [0.05, 0.1) is 5.52 Å². The van der Waals surface area contributed by atoms with Crippen LogP contribution in [0.4, 0.5) is 11.4 Å². The number of hydrogen-bond donors (Lipinski definition) is 1. The van der Waals surface area contributed by atoms with Gasteiger partial charge in [0.1, 0.15) is 0 Å². The maximum atomic E-state index is 4.48. The third-order valence-corrected chi connectivity index (χ3v) is 3.85. The van der Waals surface area contributed by atoms with Crippen LogP contribution in [0.5, 0.6) is 0 Å². The Hall–Kier alpha value is -2.35. The van der Waals surface area contributed by atoms with Gasteiger partial charge in [-0.3, -0.25) is 4.98 Å². The van der Waals surface area contributed by atoms with E-state index in [1.165, 1.54) is 16.7 Å². The zero-order valence-electron chi connectivity index (χ0n) is 12.1. The molecule has 20 heavy (non-hydrogen) atoms. The average molecular weight is 262 g/mol. The van der Waals surface area contributed by atoms with E-state index < -0.39 is 0 Å². The summed E-state index contributed by atoms with van der Waals surface area (Å²) in [5, 5.41) is 4.70. The fourth-order valence-corrected chi connectivity index (χ4v) is 2.46. The van der Waals surface area contributed by atoms with E-state index in [0.717, 1.165) is 22.3 Å². The molecule has 1 N–H and O–H groups in total. The highest BCUT2D eigenvalue weighted by Gasteiger charge is 2.06. The molecule has 0 bridgehead atoms. The molecule has 0 radical (unpaired) electrons. The maximum absolute atomic E-state index is 4.48. The van der Waals surface area contributed by atoms with Gasteiger partial charge in [-0.2, -0.15) is 0 Å². The Bertz CT molecular complexity index is 775. The third-order valence-electron chi connectivity index (χ3n) is 3.85. The molecule has 1 heterocycles. The summed E-state index contributed by atoms with van der Waals surface area (Å²) in [5.74, 6) is 0. The molecule has 2 aromatic carbocycles. The van der Waals surface area contributed by atoms with Crippen molar-refractivity contribution in [2.75, 3.05) is 5.32 Å². The number of pyridine rings is 1. The summed E-state index contributed by atoms with van der Waals surface area (Å²) in [5.41, 5.74) is 7.09. The van der Waals surface area contributed by atoms with Crippen molar-refractivity contribution in [3.05, 3.63) is 65.4 Å². The second-order valence-corrected chi connectivity index (χ2v) is 5.20. The van der Waals surface area contributed by atoms with E-state index in [2.05, 4.69) is 67.5 Å². The molecule has 3 rings (SSSR count). The third kappa shape index (κ3) is 2.14. The Morgan fingerprint density at radius 3 is 2.40 bits per heavy atom. The molecule has 0 aliphatic carbocycles. The van der Waals surface area contributed by atoms with Crippen LogP contribution in [-0.4, -0.2) is 4.98 Å². The molecule has 0 unspecified atom stereocenters. The topological polar surface area (TPSA) is 24.9 Å². The summed E-state index contributed by atoms with van der Waals surface area (Å²) in [6, 6.07) is 14.6. The number of para-hydroxylation sites is 1. The molecule has 0 aliphatic rings. The summed E-state index contributed by atoms with van der Waals surface area (Å²) in [7, 11) is 0. The van der Waals surface area contributed by atoms with Crippen molar-refractivity contribution in [2.45, 2.75) is 20.8 Å². The van der Waals surface area contributed by atoms with Crippen molar-refractivity contribution in [3.8, 4) is 0 Å². The number of nitrogens with one attached hydrogen (secondary N) is 1. The molecule has 1 aromatic heterocycles. The van der Waals surface area contributed by atoms with Crippen molar-refractivity contribution >= 4 is 22.3 Å². The predicted octanol–water partition coefficient (Wildman–Crippen LogP) is 4.90. The Labute approximate surface area is 119 Å². The number of rotatable bonds is 2. The van der Waals surface area contributed by atoms with Crippen molar-refractivity contribution in [2.24, 2.45) is 0 Å². The van der Waals surface area contributed by atoms with Crippen LogP contribution in [0.25, 0.3) is 10.9 Å². The van der Waals surface area contributed by atoms with Crippen molar-refractivity contribution in [1.29, 1.82) is 0 Å². The van der Waals surface area contributed by atoms with E-state index in [0.29, 0.717) is 0 Å². The Morgan fingerprint density at radius 1 is 0.800 bits per heavy atom. The van der Waals surface area contributed by atoms with Gasteiger partial charge in [-0.25, -0.2) is 0 Å². The minimum atomic E-state index is 1.06. The number of benzene rings is 2. The fourth-order valence-electron chi connectivity index (χ4n) is 2.46. The standard InChI is InChI=1S/C18H18N2/c1-12-6-5-9-16(14(12)3)20-17-10-11-19-18-13(2)7-4-8-15(17)18/h4-11H,1-3H3,(H,19,20). The van der Waals surface area contributed by atoms with E-state index in [1.54, 1.807) is 0 Å². The second-order valence-electron chi connectivity index (χ2n) is 5.20. The van der Waals surface area contributed by atoms with Crippen LogP contribution in [-0.2, 0) is 0 Å². The van der Waals surface area contributed by atoms with Crippen molar-refractivity contribution < 1.29 is 0 Å². The Balaban J connectivity index is 2.12. The number of aryl methyl sites for hydroxylation is 2. The van der Waals surface area contributed by atoms with E-state index in [9.17, 15) is 0 Å². The van der Waals surface area contributed by atoms with Gasteiger partial charge in [-0.1, -0.05) is 30.3 Å². The summed E-state index contributed by atoms with van der Waals surface area (Å²) < 4.78 is 0. The van der Waals surface area contributed by atoms with Gasteiger partial charge < -0.3 is 5.32 Å². The Kier molecular flexibility index (Phi) is 3.15. The van der Waals surface area contributed by atoms with E-state index in [1.807, 2.05) is 12.3 Å². The van der Waals surface area contributed by atoms with Crippen LogP contribution in [0.1, 0.15) is 16.7 Å². The molecule has 0 amide bonds. The van der Waals surface area contributed by atoms with Gasteiger partial charge >= 0.3 is 0 Å². The van der Waals surface area contributed by atoms with Crippen molar-refractivity contribution in [3.63, 3.8) is 0 Å². The molecule has 3 aromatic rings. The molecule has 0 fully saturated rings. The lowest BCUT2D eigenvalue weighted by molar-refractivity contribution is 1.32. The van der Waals surface area contributed by atoms with Crippen molar-refractivity contribution in [1.82, 2.24) is 4.98 Å². The summed E-state index contributed by atoms with van der Waals surface area (Å²) in [6.45, 7) is 6.37. The molecule has 2 nitrogen and oxygen atoms in total. The maximum Gasteiger partial charge on any atom is 0.0751 e. The van der Waals surface area contributed by atoms with Gasteiger partial charge in [0.2, 0.25) is 0 Å². The summed E-state index contributed by atoms with van der Waals surface area (Å²) in [6.07, 6.45) is 1.86. The minimum Gasteiger partial charge on any atom is -0.355 e. The molecule has 0 atom stereocenters. The van der Waals surface area contributed by atoms with Gasteiger partial charge in [0, 0.05) is 23.0 Å². The normalized spacial score (nSPS) is 10.8. The molecule has 0 saturated carbocycles. The minimum absolute atomic E-state index is 1.06. The van der Waals surface area contributed by atoms with Gasteiger partial charge in [0.25, 0.3) is 0 Å². The molecule has 0 aliphatic heterocycles.